The van der Waals surface area contributed by atoms with Crippen LogP contribution in [0.2, 0.25) is 0 Å². The first kappa shape index (κ1) is 17.4. The van der Waals surface area contributed by atoms with Crippen LogP contribution in [-0.4, -0.2) is 32.6 Å². The maximum atomic E-state index is 13.4. The Labute approximate surface area is 137 Å². The van der Waals surface area contributed by atoms with E-state index in [4.69, 9.17) is 4.74 Å². The van der Waals surface area contributed by atoms with Gasteiger partial charge in [-0.25, -0.2) is 13.6 Å². The van der Waals surface area contributed by atoms with Crippen molar-refractivity contribution in [1.82, 2.24) is 0 Å². The first-order valence-electron chi connectivity index (χ1n) is 7.06. The van der Waals surface area contributed by atoms with Gasteiger partial charge in [-0.3, -0.25) is 4.79 Å². The SMILES string of the molecule is CN(C)c1ccc(C(=O)OCC(=O)Nc2cc(F)ccc2F)cc1. The van der Waals surface area contributed by atoms with E-state index < -0.39 is 30.1 Å². The molecule has 0 aromatic heterocycles. The number of nitrogens with zero attached hydrogens (tertiary/aromatic N) is 1. The van der Waals surface area contributed by atoms with Gasteiger partial charge in [0.25, 0.3) is 5.91 Å². The van der Waals surface area contributed by atoms with Crippen molar-refractivity contribution >= 4 is 23.3 Å². The van der Waals surface area contributed by atoms with E-state index in [0.717, 1.165) is 23.9 Å². The summed E-state index contributed by atoms with van der Waals surface area (Å²) in [5.41, 5.74) is 0.877. The van der Waals surface area contributed by atoms with Gasteiger partial charge in [0.2, 0.25) is 0 Å². The molecule has 0 atom stereocenters. The van der Waals surface area contributed by atoms with Gasteiger partial charge in [0.15, 0.2) is 6.61 Å². The minimum atomic E-state index is -0.782. The van der Waals surface area contributed by atoms with E-state index in [2.05, 4.69) is 5.32 Å². The number of esters is 1. The van der Waals surface area contributed by atoms with E-state index in [1.807, 2.05) is 19.0 Å². The van der Waals surface area contributed by atoms with Crippen LogP contribution in [0.4, 0.5) is 20.2 Å². The van der Waals surface area contributed by atoms with Crippen LogP contribution < -0.4 is 10.2 Å². The highest BCUT2D eigenvalue weighted by Crippen LogP contribution is 2.15. The first-order valence-corrected chi connectivity index (χ1v) is 7.06. The summed E-state index contributed by atoms with van der Waals surface area (Å²) in [6.07, 6.45) is 0. The van der Waals surface area contributed by atoms with Gasteiger partial charge in [0.05, 0.1) is 11.3 Å². The fraction of sp³-hybridized carbons (Fsp3) is 0.176. The first-order chi connectivity index (χ1) is 11.4. The molecule has 0 aliphatic rings. The van der Waals surface area contributed by atoms with Crippen molar-refractivity contribution in [1.29, 1.82) is 0 Å². The Bertz CT molecular complexity index is 746. The van der Waals surface area contributed by atoms with Crippen LogP contribution in [0.15, 0.2) is 42.5 Å². The van der Waals surface area contributed by atoms with Gasteiger partial charge in [-0.1, -0.05) is 0 Å². The minimum Gasteiger partial charge on any atom is -0.452 e. The number of hydrogen-bond donors (Lipinski definition) is 1. The summed E-state index contributed by atoms with van der Waals surface area (Å²) in [5.74, 6) is -2.92. The van der Waals surface area contributed by atoms with Crippen molar-refractivity contribution in [3.63, 3.8) is 0 Å². The predicted octanol–water partition coefficient (Wildman–Crippen LogP) is 2.83. The molecule has 2 aromatic rings. The number of rotatable bonds is 5. The van der Waals surface area contributed by atoms with Gasteiger partial charge in [0.1, 0.15) is 11.6 Å². The standard InChI is InChI=1S/C17H16F2N2O3/c1-21(2)13-6-3-11(4-7-13)17(23)24-10-16(22)20-15-9-12(18)5-8-14(15)19/h3-9H,10H2,1-2H3,(H,20,22). The molecule has 7 heteroatoms. The maximum absolute atomic E-state index is 13.4. The third-order valence-electron chi connectivity index (χ3n) is 3.16. The number of amides is 1. The average molecular weight is 334 g/mol. The molecule has 0 unspecified atom stereocenters. The third-order valence-corrected chi connectivity index (χ3v) is 3.16. The zero-order chi connectivity index (χ0) is 17.7. The number of carbonyl (C=O) groups is 2. The monoisotopic (exact) mass is 334 g/mol. The van der Waals surface area contributed by atoms with Crippen LogP contribution in [0.25, 0.3) is 0 Å². The second-order valence-electron chi connectivity index (χ2n) is 5.19. The number of hydrogen-bond acceptors (Lipinski definition) is 4. The molecule has 1 N–H and O–H groups in total. The zero-order valence-corrected chi connectivity index (χ0v) is 13.2. The summed E-state index contributed by atoms with van der Waals surface area (Å²) in [7, 11) is 3.73. The molecule has 0 bridgehead atoms. The molecule has 0 spiro atoms. The molecular formula is C17H16F2N2O3. The van der Waals surface area contributed by atoms with Crippen molar-refractivity contribution in [3.05, 3.63) is 59.7 Å². The Balaban J connectivity index is 1.91. The van der Waals surface area contributed by atoms with Crippen LogP contribution >= 0.6 is 0 Å². The van der Waals surface area contributed by atoms with Gasteiger partial charge in [-0.2, -0.15) is 0 Å². The van der Waals surface area contributed by atoms with Crippen LogP contribution in [0.1, 0.15) is 10.4 Å². The third kappa shape index (κ3) is 4.52. The Morgan fingerprint density at radius 1 is 1.08 bits per heavy atom. The molecule has 0 radical (unpaired) electrons. The van der Waals surface area contributed by atoms with Gasteiger partial charge < -0.3 is 15.0 Å². The zero-order valence-electron chi connectivity index (χ0n) is 13.2. The average Bonchev–Trinajstić information content (AvgIpc) is 2.56. The number of nitrogens with one attached hydrogen (secondary N) is 1. The summed E-state index contributed by atoms with van der Waals surface area (Å²) >= 11 is 0. The Hall–Kier alpha value is -2.96. The van der Waals surface area contributed by atoms with E-state index in [-0.39, 0.29) is 11.3 Å². The van der Waals surface area contributed by atoms with Crippen LogP contribution in [0.5, 0.6) is 0 Å². The van der Waals surface area contributed by atoms with Crippen molar-refractivity contribution in [2.75, 3.05) is 30.9 Å². The summed E-state index contributed by atoms with van der Waals surface area (Å²) < 4.78 is 31.3. The van der Waals surface area contributed by atoms with Gasteiger partial charge in [0, 0.05) is 25.8 Å². The summed E-state index contributed by atoms with van der Waals surface area (Å²) in [6.45, 7) is -0.607. The van der Waals surface area contributed by atoms with E-state index in [1.54, 1.807) is 24.3 Å². The smallest absolute Gasteiger partial charge is 0.338 e. The molecule has 5 nitrogen and oxygen atoms in total. The molecule has 0 heterocycles. The molecule has 2 aromatic carbocycles. The maximum Gasteiger partial charge on any atom is 0.338 e. The molecule has 24 heavy (non-hydrogen) atoms. The quantitative estimate of drug-likeness (QED) is 0.854. The summed E-state index contributed by atoms with van der Waals surface area (Å²) in [5, 5.41) is 2.14. The van der Waals surface area contributed by atoms with Crippen molar-refractivity contribution in [2.45, 2.75) is 0 Å². The van der Waals surface area contributed by atoms with E-state index >= 15 is 0 Å². The van der Waals surface area contributed by atoms with Gasteiger partial charge >= 0.3 is 5.97 Å². The molecule has 1 amide bonds. The van der Waals surface area contributed by atoms with Crippen molar-refractivity contribution in [3.8, 4) is 0 Å². The fourth-order valence-corrected chi connectivity index (χ4v) is 1.89. The predicted molar refractivity (Wildman–Crippen MR) is 86.0 cm³/mol. The Morgan fingerprint density at radius 3 is 2.38 bits per heavy atom. The van der Waals surface area contributed by atoms with E-state index in [0.29, 0.717) is 0 Å². The molecular weight excluding hydrogens is 318 g/mol. The summed E-state index contributed by atoms with van der Waals surface area (Å²) in [6, 6.07) is 9.28. The molecule has 0 saturated carbocycles. The highest BCUT2D eigenvalue weighted by Gasteiger charge is 2.12. The van der Waals surface area contributed by atoms with E-state index in [1.165, 1.54) is 0 Å². The highest BCUT2D eigenvalue weighted by atomic mass is 19.1. The highest BCUT2D eigenvalue weighted by molar-refractivity contribution is 5.95. The second kappa shape index (κ2) is 7.54. The lowest BCUT2D eigenvalue weighted by molar-refractivity contribution is -0.119. The Kier molecular flexibility index (Phi) is 5.47. The number of carbonyl (C=O) groups excluding carboxylic acids is 2. The minimum absolute atomic E-state index is 0.283. The van der Waals surface area contributed by atoms with E-state index in [9.17, 15) is 18.4 Å². The molecule has 0 saturated heterocycles. The van der Waals surface area contributed by atoms with Crippen molar-refractivity contribution in [2.24, 2.45) is 0 Å². The molecule has 2 rings (SSSR count). The molecule has 0 aliphatic heterocycles. The topological polar surface area (TPSA) is 58.6 Å². The Morgan fingerprint density at radius 2 is 1.75 bits per heavy atom. The van der Waals surface area contributed by atoms with Crippen LogP contribution in [0, 0.1) is 11.6 Å². The number of benzene rings is 2. The summed E-state index contributed by atoms with van der Waals surface area (Å²) in [4.78, 5) is 25.4. The van der Waals surface area contributed by atoms with Gasteiger partial charge in [-0.05, 0) is 36.4 Å². The fourth-order valence-electron chi connectivity index (χ4n) is 1.89. The lowest BCUT2D eigenvalue weighted by Crippen LogP contribution is -2.21. The number of halogens is 2. The van der Waals surface area contributed by atoms with Crippen LogP contribution in [0.3, 0.4) is 0 Å². The second-order valence-corrected chi connectivity index (χ2v) is 5.19. The molecule has 126 valence electrons. The largest absolute Gasteiger partial charge is 0.452 e. The molecule has 0 fully saturated rings. The molecule has 0 aliphatic carbocycles. The lowest BCUT2D eigenvalue weighted by atomic mass is 10.2. The number of ether oxygens (including phenoxy) is 1. The normalized spacial score (nSPS) is 10.2. The van der Waals surface area contributed by atoms with Crippen LogP contribution in [-0.2, 0) is 9.53 Å². The lowest BCUT2D eigenvalue weighted by Gasteiger charge is -2.12. The number of anilines is 2. The van der Waals surface area contributed by atoms with Crippen molar-refractivity contribution < 1.29 is 23.1 Å². The van der Waals surface area contributed by atoms with Gasteiger partial charge in [-0.15, -0.1) is 0 Å².